The Bertz CT molecular complexity index is 682. The molecule has 2 rings (SSSR count). The molecule has 0 aliphatic rings. The Morgan fingerprint density at radius 2 is 1.86 bits per heavy atom. The molecular weight excluding hydrogens is 344 g/mol. The molecule has 0 spiro atoms. The Hall–Kier alpha value is -2.14. The molecule has 0 aliphatic carbocycles. The molecule has 22 heavy (non-hydrogen) atoms. The molecule has 0 aliphatic heterocycles. The largest absolute Gasteiger partial charge is 0.483 e. The third kappa shape index (κ3) is 5.00. The van der Waals surface area contributed by atoms with E-state index >= 15 is 0 Å². The van der Waals surface area contributed by atoms with Gasteiger partial charge in [-0.05, 0) is 53.0 Å². The van der Waals surface area contributed by atoms with Gasteiger partial charge in [-0.1, -0.05) is 35.9 Å². The molecule has 2 aromatic carbocycles. The van der Waals surface area contributed by atoms with E-state index in [0.717, 1.165) is 15.6 Å². The van der Waals surface area contributed by atoms with Crippen LogP contribution in [0.2, 0.25) is 0 Å². The number of hydrogen-bond acceptors (Lipinski definition) is 3. The summed E-state index contributed by atoms with van der Waals surface area (Å²) in [4.78, 5) is 11.7. The first-order chi connectivity index (χ1) is 10.5. The molecule has 0 bridgehead atoms. The van der Waals surface area contributed by atoms with Gasteiger partial charge in [0.15, 0.2) is 6.61 Å². The average molecular weight is 361 g/mol. The zero-order valence-electron chi connectivity index (χ0n) is 12.5. The third-order valence-corrected chi connectivity index (χ3v) is 3.55. The predicted molar refractivity (Wildman–Crippen MR) is 91.3 cm³/mol. The summed E-state index contributed by atoms with van der Waals surface area (Å²) < 4.78 is 6.26. The molecule has 4 nitrogen and oxygen atoms in total. The number of nitrogens with one attached hydrogen (secondary N) is 1. The minimum absolute atomic E-state index is 0.0904. The van der Waals surface area contributed by atoms with Crippen molar-refractivity contribution < 1.29 is 9.53 Å². The van der Waals surface area contributed by atoms with Crippen molar-refractivity contribution in [3.8, 4) is 5.75 Å². The lowest BCUT2D eigenvalue weighted by molar-refractivity contribution is -0.123. The fourth-order valence-corrected chi connectivity index (χ4v) is 2.34. The number of rotatable bonds is 5. The summed E-state index contributed by atoms with van der Waals surface area (Å²) in [5, 5.41) is 3.90. The molecular formula is C17H17BrN2O2. The number of ether oxygens (including phenoxy) is 1. The minimum Gasteiger partial charge on any atom is -0.483 e. The van der Waals surface area contributed by atoms with Gasteiger partial charge in [0.05, 0.1) is 10.7 Å². The van der Waals surface area contributed by atoms with E-state index in [0.29, 0.717) is 5.75 Å². The lowest BCUT2D eigenvalue weighted by Crippen LogP contribution is -2.24. The maximum Gasteiger partial charge on any atom is 0.277 e. The summed E-state index contributed by atoms with van der Waals surface area (Å²) in [7, 11) is 0. The molecule has 1 amide bonds. The van der Waals surface area contributed by atoms with Crippen molar-refractivity contribution in [1.82, 2.24) is 5.43 Å². The second kappa shape index (κ2) is 7.75. The van der Waals surface area contributed by atoms with Crippen LogP contribution in [-0.2, 0) is 4.79 Å². The van der Waals surface area contributed by atoms with E-state index in [4.69, 9.17) is 4.74 Å². The van der Waals surface area contributed by atoms with E-state index in [-0.39, 0.29) is 12.5 Å². The number of carbonyl (C=O) groups excluding carboxylic acids is 1. The van der Waals surface area contributed by atoms with E-state index in [1.165, 1.54) is 5.56 Å². The molecule has 0 fully saturated rings. The van der Waals surface area contributed by atoms with Crippen LogP contribution >= 0.6 is 15.9 Å². The minimum atomic E-state index is -0.309. The van der Waals surface area contributed by atoms with Crippen LogP contribution < -0.4 is 10.2 Å². The number of halogens is 1. The Morgan fingerprint density at radius 1 is 1.18 bits per heavy atom. The van der Waals surface area contributed by atoms with E-state index in [1.807, 2.05) is 56.3 Å². The summed E-state index contributed by atoms with van der Waals surface area (Å²) >= 11 is 3.40. The van der Waals surface area contributed by atoms with Crippen molar-refractivity contribution in [3.05, 3.63) is 63.6 Å². The first-order valence-electron chi connectivity index (χ1n) is 6.82. The number of benzene rings is 2. The van der Waals surface area contributed by atoms with Crippen LogP contribution in [0.1, 0.15) is 16.7 Å². The number of aryl methyl sites for hydroxylation is 2. The Kier molecular flexibility index (Phi) is 5.72. The average Bonchev–Trinajstić information content (AvgIpc) is 2.48. The lowest BCUT2D eigenvalue weighted by Gasteiger charge is -2.07. The molecule has 2 aromatic rings. The van der Waals surface area contributed by atoms with Gasteiger partial charge >= 0.3 is 0 Å². The maximum absolute atomic E-state index is 11.7. The maximum atomic E-state index is 11.7. The zero-order chi connectivity index (χ0) is 15.9. The van der Waals surface area contributed by atoms with E-state index in [9.17, 15) is 4.79 Å². The molecule has 0 saturated heterocycles. The van der Waals surface area contributed by atoms with Gasteiger partial charge in [0.25, 0.3) is 5.91 Å². The fourth-order valence-electron chi connectivity index (χ4n) is 1.73. The number of nitrogens with zero attached hydrogens (tertiary/aromatic N) is 1. The summed E-state index contributed by atoms with van der Waals surface area (Å²) in [6.07, 6.45) is 1.60. The van der Waals surface area contributed by atoms with E-state index in [1.54, 1.807) is 6.21 Å². The van der Waals surface area contributed by atoms with Crippen LogP contribution in [0.25, 0.3) is 0 Å². The molecule has 0 radical (unpaired) electrons. The van der Waals surface area contributed by atoms with Crippen LogP contribution in [0, 0.1) is 13.8 Å². The van der Waals surface area contributed by atoms with Crippen LogP contribution in [-0.4, -0.2) is 18.7 Å². The number of carbonyl (C=O) groups is 1. The van der Waals surface area contributed by atoms with Gasteiger partial charge in [0.1, 0.15) is 5.75 Å². The first kappa shape index (κ1) is 16.2. The van der Waals surface area contributed by atoms with Gasteiger partial charge in [-0.2, -0.15) is 5.10 Å². The second-order valence-corrected chi connectivity index (χ2v) is 5.78. The highest BCUT2D eigenvalue weighted by Crippen LogP contribution is 2.25. The van der Waals surface area contributed by atoms with Crippen molar-refractivity contribution in [2.45, 2.75) is 13.8 Å². The van der Waals surface area contributed by atoms with Crippen molar-refractivity contribution >= 4 is 28.1 Å². The molecule has 5 heteroatoms. The molecule has 0 heterocycles. The Morgan fingerprint density at radius 3 is 2.55 bits per heavy atom. The summed E-state index contributed by atoms with van der Waals surface area (Å²) in [5.41, 5.74) is 5.66. The van der Waals surface area contributed by atoms with Crippen LogP contribution in [0.3, 0.4) is 0 Å². The van der Waals surface area contributed by atoms with Crippen molar-refractivity contribution in [1.29, 1.82) is 0 Å². The Balaban J connectivity index is 1.81. The summed E-state index contributed by atoms with van der Waals surface area (Å²) in [6, 6.07) is 13.5. The molecule has 0 saturated carbocycles. The molecule has 0 unspecified atom stereocenters. The van der Waals surface area contributed by atoms with Gasteiger partial charge in [0.2, 0.25) is 0 Å². The van der Waals surface area contributed by atoms with Crippen LogP contribution in [0.5, 0.6) is 5.75 Å². The van der Waals surface area contributed by atoms with Gasteiger partial charge in [-0.3, -0.25) is 4.79 Å². The van der Waals surface area contributed by atoms with E-state index < -0.39 is 0 Å². The summed E-state index contributed by atoms with van der Waals surface area (Å²) in [5.74, 6) is 0.319. The van der Waals surface area contributed by atoms with Gasteiger partial charge in [0, 0.05) is 0 Å². The van der Waals surface area contributed by atoms with Gasteiger partial charge < -0.3 is 4.74 Å². The number of hydrazone groups is 1. The monoisotopic (exact) mass is 360 g/mol. The Labute approximate surface area is 138 Å². The highest BCUT2D eigenvalue weighted by molar-refractivity contribution is 9.10. The molecule has 114 valence electrons. The van der Waals surface area contributed by atoms with Crippen molar-refractivity contribution in [2.75, 3.05) is 6.61 Å². The number of hydrogen-bond donors (Lipinski definition) is 1. The highest BCUT2D eigenvalue weighted by Gasteiger charge is 2.04. The first-order valence-corrected chi connectivity index (χ1v) is 7.61. The predicted octanol–water partition coefficient (Wildman–Crippen LogP) is 3.60. The third-order valence-electron chi connectivity index (χ3n) is 2.93. The normalized spacial score (nSPS) is 10.7. The standard InChI is InChI=1S/C17H17BrN2O2/c1-12-3-6-14(7-4-12)10-19-20-17(21)11-22-16-8-5-13(2)9-15(16)18/h3-10H,11H2,1-2H3,(H,20,21). The SMILES string of the molecule is Cc1ccc(C=NNC(=O)COc2ccc(C)cc2Br)cc1. The second-order valence-electron chi connectivity index (χ2n) is 4.93. The lowest BCUT2D eigenvalue weighted by atomic mass is 10.2. The zero-order valence-corrected chi connectivity index (χ0v) is 14.1. The number of amides is 1. The fraction of sp³-hybridized carbons (Fsp3) is 0.176. The van der Waals surface area contributed by atoms with Crippen molar-refractivity contribution in [2.24, 2.45) is 5.10 Å². The van der Waals surface area contributed by atoms with Crippen LogP contribution in [0.4, 0.5) is 0 Å². The van der Waals surface area contributed by atoms with Crippen molar-refractivity contribution in [3.63, 3.8) is 0 Å². The van der Waals surface area contributed by atoms with Crippen LogP contribution in [0.15, 0.2) is 52.0 Å². The summed E-state index contributed by atoms with van der Waals surface area (Å²) in [6.45, 7) is 3.91. The molecule has 0 aromatic heterocycles. The van der Waals surface area contributed by atoms with Gasteiger partial charge in [-0.25, -0.2) is 5.43 Å². The quantitative estimate of drug-likeness (QED) is 0.654. The smallest absolute Gasteiger partial charge is 0.277 e. The highest BCUT2D eigenvalue weighted by atomic mass is 79.9. The topological polar surface area (TPSA) is 50.7 Å². The molecule has 1 N–H and O–H groups in total. The van der Waals surface area contributed by atoms with Gasteiger partial charge in [-0.15, -0.1) is 0 Å². The van der Waals surface area contributed by atoms with E-state index in [2.05, 4.69) is 26.5 Å². The molecule has 0 atom stereocenters.